The van der Waals surface area contributed by atoms with Crippen molar-refractivity contribution in [2.45, 2.75) is 6.18 Å². The summed E-state index contributed by atoms with van der Waals surface area (Å²) < 4.78 is 38.1. The minimum Gasteiger partial charge on any atom is -0.192 e. The van der Waals surface area contributed by atoms with Crippen LogP contribution in [0.25, 0.3) is 11.1 Å². The molecule has 0 saturated carbocycles. The lowest BCUT2D eigenvalue weighted by molar-refractivity contribution is -0.137. The molecule has 0 spiro atoms. The fourth-order valence-electron chi connectivity index (χ4n) is 1.72. The number of hydrogen-bond donors (Lipinski definition) is 0. The Kier molecular flexibility index (Phi) is 3.50. The van der Waals surface area contributed by atoms with Gasteiger partial charge in [-0.05, 0) is 24.3 Å². The summed E-state index contributed by atoms with van der Waals surface area (Å²) >= 11 is 5.96. The van der Waals surface area contributed by atoms with Gasteiger partial charge in [0.05, 0.1) is 17.2 Å². The predicted octanol–water partition coefficient (Wildman–Crippen LogP) is 4.90. The monoisotopic (exact) mass is 281 g/mol. The summed E-state index contributed by atoms with van der Waals surface area (Å²) in [6, 6.07) is 11.3. The van der Waals surface area contributed by atoms with Crippen LogP contribution in [0.1, 0.15) is 11.1 Å². The van der Waals surface area contributed by atoms with E-state index in [9.17, 15) is 13.2 Å². The zero-order valence-corrected chi connectivity index (χ0v) is 10.3. The fourth-order valence-corrected chi connectivity index (χ4v) is 1.96. The van der Waals surface area contributed by atoms with Crippen LogP contribution in [-0.2, 0) is 6.18 Å². The first-order valence-electron chi connectivity index (χ1n) is 5.29. The van der Waals surface area contributed by atoms with E-state index in [1.54, 1.807) is 24.3 Å². The van der Waals surface area contributed by atoms with Crippen molar-refractivity contribution in [2.24, 2.45) is 0 Å². The smallest absolute Gasteiger partial charge is 0.192 e. The molecule has 96 valence electrons. The van der Waals surface area contributed by atoms with Gasteiger partial charge in [0, 0.05) is 16.1 Å². The van der Waals surface area contributed by atoms with E-state index < -0.39 is 11.7 Å². The highest BCUT2D eigenvalue weighted by molar-refractivity contribution is 6.33. The maximum absolute atomic E-state index is 12.7. The third-order valence-electron chi connectivity index (χ3n) is 2.63. The van der Waals surface area contributed by atoms with Crippen LogP contribution in [0, 0.1) is 11.3 Å². The minimum absolute atomic E-state index is 0.154. The summed E-state index contributed by atoms with van der Waals surface area (Å²) in [5, 5.41) is 9.29. The van der Waals surface area contributed by atoms with Crippen molar-refractivity contribution >= 4 is 11.6 Å². The second-order valence-electron chi connectivity index (χ2n) is 3.85. The Morgan fingerprint density at radius 2 is 1.68 bits per heavy atom. The van der Waals surface area contributed by atoms with E-state index in [1.807, 2.05) is 6.07 Å². The SMILES string of the molecule is N#Cc1ccc(C(F)(F)F)cc1-c1ccccc1Cl. The Labute approximate surface area is 112 Å². The molecular weight excluding hydrogens is 275 g/mol. The number of hydrogen-bond acceptors (Lipinski definition) is 1. The first-order valence-corrected chi connectivity index (χ1v) is 5.67. The third kappa shape index (κ3) is 2.72. The van der Waals surface area contributed by atoms with E-state index in [0.29, 0.717) is 10.6 Å². The van der Waals surface area contributed by atoms with Crippen LogP contribution >= 0.6 is 11.6 Å². The summed E-state index contributed by atoms with van der Waals surface area (Å²) in [4.78, 5) is 0. The Hall–Kier alpha value is -1.99. The molecule has 0 unspecified atom stereocenters. The van der Waals surface area contributed by atoms with Gasteiger partial charge in [0.2, 0.25) is 0 Å². The lowest BCUT2D eigenvalue weighted by Gasteiger charge is -2.11. The highest BCUT2D eigenvalue weighted by Gasteiger charge is 2.31. The normalized spacial score (nSPS) is 11.1. The summed E-state index contributed by atoms with van der Waals surface area (Å²) in [5.41, 5.74) is -0.0581. The molecule has 0 aliphatic carbocycles. The maximum Gasteiger partial charge on any atom is 0.416 e. The van der Waals surface area contributed by atoms with Gasteiger partial charge in [-0.25, -0.2) is 0 Å². The summed E-state index contributed by atoms with van der Waals surface area (Å²) in [7, 11) is 0. The molecule has 2 aromatic rings. The Morgan fingerprint density at radius 1 is 1.00 bits per heavy atom. The standard InChI is InChI=1S/C14H7ClF3N/c15-13-4-2-1-3-11(13)12-7-10(14(16,17)18)6-5-9(12)8-19/h1-7H. The average molecular weight is 282 g/mol. The van der Waals surface area contributed by atoms with Crippen molar-refractivity contribution in [1.29, 1.82) is 5.26 Å². The Bertz CT molecular complexity index is 656. The second-order valence-corrected chi connectivity index (χ2v) is 4.26. The quantitative estimate of drug-likeness (QED) is 0.729. The van der Waals surface area contributed by atoms with Gasteiger partial charge in [0.1, 0.15) is 0 Å². The van der Waals surface area contributed by atoms with Gasteiger partial charge in [-0.1, -0.05) is 29.8 Å². The van der Waals surface area contributed by atoms with Gasteiger partial charge < -0.3 is 0 Å². The van der Waals surface area contributed by atoms with Crippen LogP contribution < -0.4 is 0 Å². The molecule has 0 saturated heterocycles. The van der Waals surface area contributed by atoms with Gasteiger partial charge in [0.25, 0.3) is 0 Å². The number of alkyl halides is 3. The summed E-state index contributed by atoms with van der Waals surface area (Å²) in [6.45, 7) is 0. The number of rotatable bonds is 1. The van der Waals surface area contributed by atoms with E-state index >= 15 is 0 Å². The van der Waals surface area contributed by atoms with E-state index in [4.69, 9.17) is 16.9 Å². The third-order valence-corrected chi connectivity index (χ3v) is 2.96. The largest absolute Gasteiger partial charge is 0.416 e. The molecule has 0 heterocycles. The lowest BCUT2D eigenvalue weighted by atomic mass is 9.97. The molecule has 0 amide bonds. The van der Waals surface area contributed by atoms with E-state index in [1.165, 1.54) is 0 Å². The van der Waals surface area contributed by atoms with Crippen LogP contribution in [0.15, 0.2) is 42.5 Å². The van der Waals surface area contributed by atoms with Crippen molar-refractivity contribution in [2.75, 3.05) is 0 Å². The van der Waals surface area contributed by atoms with Crippen LogP contribution in [0.5, 0.6) is 0 Å². The summed E-state index contributed by atoms with van der Waals surface area (Å²) in [6.07, 6.45) is -4.45. The molecular formula is C14H7ClF3N. The molecule has 2 aromatic carbocycles. The molecule has 0 bridgehead atoms. The molecule has 1 nitrogen and oxygen atoms in total. The molecule has 0 aromatic heterocycles. The first-order chi connectivity index (χ1) is 8.93. The number of nitrogens with zero attached hydrogens (tertiary/aromatic N) is 1. The van der Waals surface area contributed by atoms with Crippen LogP contribution in [0.2, 0.25) is 5.02 Å². The topological polar surface area (TPSA) is 23.8 Å². The van der Waals surface area contributed by atoms with Crippen molar-refractivity contribution in [1.82, 2.24) is 0 Å². The molecule has 0 fully saturated rings. The zero-order chi connectivity index (χ0) is 14.0. The minimum atomic E-state index is -4.45. The van der Waals surface area contributed by atoms with Crippen LogP contribution in [-0.4, -0.2) is 0 Å². The Balaban J connectivity index is 2.68. The highest BCUT2D eigenvalue weighted by Crippen LogP contribution is 2.36. The second kappa shape index (κ2) is 4.94. The van der Waals surface area contributed by atoms with Crippen LogP contribution in [0.4, 0.5) is 13.2 Å². The molecule has 0 radical (unpaired) electrons. The molecule has 19 heavy (non-hydrogen) atoms. The predicted molar refractivity (Wildman–Crippen MR) is 66.6 cm³/mol. The first kappa shape index (κ1) is 13.4. The van der Waals surface area contributed by atoms with Gasteiger partial charge in [-0.3, -0.25) is 0 Å². The molecule has 0 atom stereocenters. The number of nitriles is 1. The molecule has 5 heteroatoms. The maximum atomic E-state index is 12.7. The van der Waals surface area contributed by atoms with Crippen molar-refractivity contribution in [3.05, 3.63) is 58.6 Å². The van der Waals surface area contributed by atoms with Gasteiger partial charge in [-0.15, -0.1) is 0 Å². The Morgan fingerprint density at radius 3 is 2.26 bits per heavy atom. The van der Waals surface area contributed by atoms with E-state index in [0.717, 1.165) is 18.2 Å². The average Bonchev–Trinajstić information content (AvgIpc) is 2.37. The van der Waals surface area contributed by atoms with Gasteiger partial charge in [0.15, 0.2) is 0 Å². The van der Waals surface area contributed by atoms with E-state index in [2.05, 4.69) is 0 Å². The zero-order valence-electron chi connectivity index (χ0n) is 9.50. The molecule has 0 N–H and O–H groups in total. The van der Waals surface area contributed by atoms with Crippen molar-refractivity contribution in [3.63, 3.8) is 0 Å². The molecule has 2 rings (SSSR count). The number of benzene rings is 2. The van der Waals surface area contributed by atoms with E-state index in [-0.39, 0.29) is 11.1 Å². The van der Waals surface area contributed by atoms with Gasteiger partial charge >= 0.3 is 6.18 Å². The molecule has 0 aliphatic rings. The fraction of sp³-hybridized carbons (Fsp3) is 0.0714. The summed E-state index contributed by atoms with van der Waals surface area (Å²) in [5.74, 6) is 0. The van der Waals surface area contributed by atoms with Crippen molar-refractivity contribution < 1.29 is 13.2 Å². The lowest BCUT2D eigenvalue weighted by Crippen LogP contribution is -2.05. The highest BCUT2D eigenvalue weighted by atomic mass is 35.5. The van der Waals surface area contributed by atoms with Gasteiger partial charge in [-0.2, -0.15) is 18.4 Å². The molecule has 0 aliphatic heterocycles. The number of halogens is 4. The van der Waals surface area contributed by atoms with Crippen LogP contribution in [0.3, 0.4) is 0 Å². The van der Waals surface area contributed by atoms with Crippen molar-refractivity contribution in [3.8, 4) is 17.2 Å².